The van der Waals surface area contributed by atoms with Crippen molar-refractivity contribution in [1.82, 2.24) is 10.2 Å². The fourth-order valence-corrected chi connectivity index (χ4v) is 4.59. The fraction of sp³-hybridized carbons (Fsp3) is 0.200. The Labute approximate surface area is 180 Å². The number of nitrogens with zero attached hydrogens (tertiary/aromatic N) is 3. The first kappa shape index (κ1) is 19.0. The summed E-state index contributed by atoms with van der Waals surface area (Å²) in [5, 5.41) is 12.3. The van der Waals surface area contributed by atoms with E-state index >= 15 is 0 Å². The van der Waals surface area contributed by atoms with Crippen LogP contribution in [0.15, 0.2) is 48.5 Å². The molecule has 4 rings (SSSR count). The highest BCUT2D eigenvalue weighted by Crippen LogP contribution is 2.35. The molecule has 0 bridgehead atoms. The molecule has 0 radical (unpaired) electrons. The molecule has 2 aromatic carbocycles. The van der Waals surface area contributed by atoms with Crippen LogP contribution in [0.4, 0.5) is 10.8 Å². The molecule has 6 nitrogen and oxygen atoms in total. The zero-order chi connectivity index (χ0) is 19.7. The third-order valence-electron chi connectivity index (χ3n) is 4.63. The number of anilines is 2. The zero-order valence-electron chi connectivity index (χ0n) is 15.1. The summed E-state index contributed by atoms with van der Waals surface area (Å²) in [5.41, 5.74) is 2.58. The zero-order valence-corrected chi connectivity index (χ0v) is 18.0. The van der Waals surface area contributed by atoms with E-state index in [1.54, 1.807) is 6.07 Å². The van der Waals surface area contributed by atoms with Crippen LogP contribution in [0.2, 0.25) is 0 Å². The van der Waals surface area contributed by atoms with Crippen LogP contribution in [-0.4, -0.2) is 28.6 Å². The molecule has 1 unspecified atom stereocenters. The minimum atomic E-state index is -0.217. The molecule has 1 atom stereocenters. The van der Waals surface area contributed by atoms with Crippen molar-refractivity contribution < 1.29 is 9.59 Å². The molecule has 1 fully saturated rings. The van der Waals surface area contributed by atoms with Crippen LogP contribution < -0.4 is 10.2 Å². The van der Waals surface area contributed by atoms with Crippen molar-refractivity contribution in [3.8, 4) is 0 Å². The van der Waals surface area contributed by atoms with Crippen molar-refractivity contribution in [2.75, 3.05) is 16.8 Å². The number of nitrogens with one attached hydrogen (secondary N) is 1. The van der Waals surface area contributed by atoms with Gasteiger partial charge in [-0.15, -0.1) is 10.2 Å². The molecule has 0 aliphatic carbocycles. The highest BCUT2D eigenvalue weighted by molar-refractivity contribution is 14.1. The second-order valence-electron chi connectivity index (χ2n) is 6.60. The predicted octanol–water partition coefficient (Wildman–Crippen LogP) is 4.22. The van der Waals surface area contributed by atoms with E-state index in [-0.39, 0.29) is 17.7 Å². The smallest absolute Gasteiger partial charge is 0.257 e. The summed E-state index contributed by atoms with van der Waals surface area (Å²) in [6, 6.07) is 15.2. The molecule has 1 aliphatic rings. The maximum Gasteiger partial charge on any atom is 0.257 e. The van der Waals surface area contributed by atoms with E-state index in [0.717, 1.165) is 19.8 Å². The Kier molecular flexibility index (Phi) is 5.40. The molecule has 28 heavy (non-hydrogen) atoms. The Hall–Kier alpha value is -2.33. The summed E-state index contributed by atoms with van der Waals surface area (Å²) in [5.74, 6) is -0.155. The summed E-state index contributed by atoms with van der Waals surface area (Å²) in [6.45, 7) is 2.57. The van der Waals surface area contributed by atoms with Crippen LogP contribution in [0.25, 0.3) is 0 Å². The van der Waals surface area contributed by atoms with E-state index in [1.807, 2.05) is 54.3 Å². The van der Waals surface area contributed by atoms with Gasteiger partial charge in [0, 0.05) is 33.7 Å². The van der Waals surface area contributed by atoms with Crippen molar-refractivity contribution in [2.45, 2.75) is 19.3 Å². The molecule has 1 aromatic heterocycles. The Bertz CT molecular complexity index is 1050. The predicted molar refractivity (Wildman–Crippen MR) is 118 cm³/mol. The lowest BCUT2D eigenvalue weighted by atomic mass is 10.1. The summed E-state index contributed by atoms with van der Waals surface area (Å²) >= 11 is 3.49. The molecule has 142 valence electrons. The summed E-state index contributed by atoms with van der Waals surface area (Å²) in [7, 11) is 0. The number of hydrogen-bond acceptors (Lipinski definition) is 5. The van der Waals surface area contributed by atoms with Gasteiger partial charge in [-0.3, -0.25) is 14.9 Å². The van der Waals surface area contributed by atoms with Gasteiger partial charge in [-0.25, -0.2) is 0 Å². The fourth-order valence-electron chi connectivity index (χ4n) is 3.22. The molecule has 0 spiro atoms. The van der Waals surface area contributed by atoms with Crippen LogP contribution in [-0.2, 0) is 4.79 Å². The van der Waals surface area contributed by atoms with Crippen LogP contribution >= 0.6 is 33.9 Å². The van der Waals surface area contributed by atoms with Gasteiger partial charge in [-0.1, -0.05) is 35.6 Å². The molecule has 0 saturated carbocycles. The van der Waals surface area contributed by atoms with E-state index in [1.165, 1.54) is 11.3 Å². The highest BCUT2D eigenvalue weighted by atomic mass is 127. The van der Waals surface area contributed by atoms with E-state index < -0.39 is 0 Å². The Morgan fingerprint density at radius 1 is 1.21 bits per heavy atom. The molecule has 1 N–H and O–H groups in total. The maximum atomic E-state index is 12.5. The number of carbonyl (C=O) groups is 2. The summed E-state index contributed by atoms with van der Waals surface area (Å²) in [4.78, 5) is 26.7. The van der Waals surface area contributed by atoms with Gasteiger partial charge in [0.15, 0.2) is 0 Å². The third-order valence-corrected chi connectivity index (χ3v) is 6.30. The number of carbonyl (C=O) groups excluding carboxylic acids is 2. The lowest BCUT2D eigenvalue weighted by Gasteiger charge is -2.18. The average molecular weight is 504 g/mol. The topological polar surface area (TPSA) is 75.2 Å². The Morgan fingerprint density at radius 2 is 2.04 bits per heavy atom. The SMILES string of the molecule is Cc1ccccc1N1CC(c2nnc(NC(=O)c3cccc(I)c3)s2)CC1=O. The molecular weight excluding hydrogens is 487 g/mol. The van der Waals surface area contributed by atoms with Gasteiger partial charge in [-0.2, -0.15) is 0 Å². The van der Waals surface area contributed by atoms with E-state index in [9.17, 15) is 9.59 Å². The van der Waals surface area contributed by atoms with Gasteiger partial charge < -0.3 is 4.90 Å². The van der Waals surface area contributed by atoms with E-state index in [4.69, 9.17) is 0 Å². The molecule has 2 amide bonds. The number of halogens is 1. The van der Waals surface area contributed by atoms with E-state index in [2.05, 4.69) is 38.1 Å². The number of aryl methyl sites for hydroxylation is 1. The monoisotopic (exact) mass is 504 g/mol. The third kappa shape index (κ3) is 3.93. The molecule has 2 heterocycles. The van der Waals surface area contributed by atoms with Crippen molar-refractivity contribution in [2.24, 2.45) is 0 Å². The molecular formula is C20H17IN4O2S. The molecule has 1 aliphatic heterocycles. The van der Waals surface area contributed by atoms with Gasteiger partial charge in [0.1, 0.15) is 5.01 Å². The first-order valence-electron chi connectivity index (χ1n) is 8.77. The number of amides is 2. The summed E-state index contributed by atoms with van der Waals surface area (Å²) in [6.07, 6.45) is 0.397. The van der Waals surface area contributed by atoms with Crippen LogP contribution in [0.3, 0.4) is 0 Å². The van der Waals surface area contributed by atoms with Crippen molar-refractivity contribution in [1.29, 1.82) is 0 Å². The Balaban J connectivity index is 1.47. The standard InChI is InChI=1S/C20H17IN4O2S/c1-12-5-2-3-8-16(12)25-11-14(10-17(25)26)19-23-24-20(28-19)22-18(27)13-6-4-7-15(21)9-13/h2-9,14H,10-11H2,1H3,(H,22,24,27). The number of aromatic nitrogens is 2. The first-order chi connectivity index (χ1) is 13.5. The van der Waals surface area contributed by atoms with Crippen LogP contribution in [0, 0.1) is 10.5 Å². The van der Waals surface area contributed by atoms with E-state index in [0.29, 0.717) is 23.7 Å². The number of rotatable bonds is 4. The van der Waals surface area contributed by atoms with Crippen molar-refractivity contribution in [3.63, 3.8) is 0 Å². The normalized spacial score (nSPS) is 16.4. The van der Waals surface area contributed by atoms with Crippen molar-refractivity contribution >= 4 is 56.6 Å². The van der Waals surface area contributed by atoms with Crippen LogP contribution in [0.1, 0.15) is 33.3 Å². The van der Waals surface area contributed by atoms with Gasteiger partial charge in [0.25, 0.3) is 5.91 Å². The lowest BCUT2D eigenvalue weighted by Crippen LogP contribution is -2.25. The minimum absolute atomic E-state index is 0.0204. The largest absolute Gasteiger partial charge is 0.311 e. The summed E-state index contributed by atoms with van der Waals surface area (Å²) < 4.78 is 0.990. The van der Waals surface area contributed by atoms with Gasteiger partial charge in [0.2, 0.25) is 11.0 Å². The number of hydrogen-bond donors (Lipinski definition) is 1. The lowest BCUT2D eigenvalue weighted by molar-refractivity contribution is -0.117. The number of benzene rings is 2. The quantitative estimate of drug-likeness (QED) is 0.540. The second-order valence-corrected chi connectivity index (χ2v) is 8.86. The maximum absolute atomic E-state index is 12.5. The Morgan fingerprint density at radius 3 is 2.82 bits per heavy atom. The highest BCUT2D eigenvalue weighted by Gasteiger charge is 2.34. The van der Waals surface area contributed by atoms with Gasteiger partial charge in [0.05, 0.1) is 0 Å². The van der Waals surface area contributed by atoms with Gasteiger partial charge >= 0.3 is 0 Å². The number of para-hydroxylation sites is 1. The molecule has 1 saturated heterocycles. The van der Waals surface area contributed by atoms with Crippen LogP contribution in [0.5, 0.6) is 0 Å². The molecule has 3 aromatic rings. The molecule has 8 heteroatoms. The minimum Gasteiger partial charge on any atom is -0.311 e. The second kappa shape index (κ2) is 7.96. The van der Waals surface area contributed by atoms with Gasteiger partial charge in [-0.05, 0) is 59.3 Å². The van der Waals surface area contributed by atoms with Crippen molar-refractivity contribution in [3.05, 3.63) is 68.2 Å². The first-order valence-corrected chi connectivity index (χ1v) is 10.7. The average Bonchev–Trinajstić information content (AvgIpc) is 3.29.